The van der Waals surface area contributed by atoms with Gasteiger partial charge in [0, 0.05) is 13.0 Å². The zero-order chi connectivity index (χ0) is 27.4. The molecule has 2 rings (SSSR count). The fourth-order valence-corrected chi connectivity index (χ4v) is 5.55. The molecule has 0 aliphatic carbocycles. The number of nitrogen functional groups attached to an aromatic ring is 1. The Balaban J connectivity index is 2.18. The van der Waals surface area contributed by atoms with Gasteiger partial charge in [0.1, 0.15) is 11.5 Å². The fourth-order valence-electron chi connectivity index (χ4n) is 3.82. The predicted molar refractivity (Wildman–Crippen MR) is 146 cm³/mol. The molecule has 3 N–H and O–H groups in total. The van der Waals surface area contributed by atoms with Crippen LogP contribution in [-0.2, 0) is 44.3 Å². The van der Waals surface area contributed by atoms with Crippen molar-refractivity contribution in [1.82, 2.24) is 9.13 Å². The first-order valence-corrected chi connectivity index (χ1v) is 14.2. The van der Waals surface area contributed by atoms with E-state index in [1.54, 1.807) is 13.8 Å². The Morgan fingerprint density at radius 3 is 2.24 bits per heavy atom. The standard InChI is InChI=1S/C26H37N4O6P/c1-5-17-30-25(32)23(28-22(31)16-15-21-13-11-20(6-2)12-14-21)24(27)29(26(30)33)18-9-10-19-37(34,35-7-3)36-8-4/h1,11-14H,6-10,15-19,27H2,2-4H3,(H,28,31). The molecule has 0 aliphatic rings. The monoisotopic (exact) mass is 532 g/mol. The molecule has 0 saturated carbocycles. The number of carbonyl (C=O) groups is 1. The van der Waals surface area contributed by atoms with Gasteiger partial charge >= 0.3 is 13.3 Å². The lowest BCUT2D eigenvalue weighted by atomic mass is 10.1. The van der Waals surface area contributed by atoms with E-state index in [9.17, 15) is 18.9 Å². The normalized spacial score (nSPS) is 11.3. The molecule has 0 bridgehead atoms. The van der Waals surface area contributed by atoms with Crippen LogP contribution in [0.1, 0.15) is 51.2 Å². The van der Waals surface area contributed by atoms with E-state index >= 15 is 0 Å². The van der Waals surface area contributed by atoms with E-state index in [1.807, 2.05) is 24.3 Å². The Bertz CT molecular complexity index is 1250. The van der Waals surface area contributed by atoms with Gasteiger partial charge in [-0.2, -0.15) is 0 Å². The number of nitrogens with two attached hydrogens (primary N) is 1. The highest BCUT2D eigenvalue weighted by molar-refractivity contribution is 7.53. The number of carbonyl (C=O) groups excluding carboxylic acids is 1. The minimum atomic E-state index is -3.22. The van der Waals surface area contributed by atoms with Gasteiger partial charge in [-0.05, 0) is 50.7 Å². The van der Waals surface area contributed by atoms with Crippen LogP contribution in [0, 0.1) is 12.3 Å². The molecule has 0 radical (unpaired) electrons. The number of unbranched alkanes of at least 4 members (excludes halogenated alkanes) is 1. The molecular formula is C26H37N4O6P. The summed E-state index contributed by atoms with van der Waals surface area (Å²) < 4.78 is 25.3. The number of aryl methyl sites for hydroxylation is 2. The minimum absolute atomic E-state index is 0.125. The van der Waals surface area contributed by atoms with E-state index in [4.69, 9.17) is 21.2 Å². The topological polar surface area (TPSA) is 135 Å². The van der Waals surface area contributed by atoms with Crippen LogP contribution < -0.4 is 22.3 Å². The third kappa shape index (κ3) is 8.46. The highest BCUT2D eigenvalue weighted by Crippen LogP contribution is 2.48. The zero-order valence-corrected chi connectivity index (χ0v) is 22.7. The lowest BCUT2D eigenvalue weighted by molar-refractivity contribution is -0.116. The van der Waals surface area contributed by atoms with E-state index in [-0.39, 0.29) is 50.4 Å². The highest BCUT2D eigenvalue weighted by Gasteiger charge is 2.23. The second-order valence-corrected chi connectivity index (χ2v) is 10.6. The molecule has 0 saturated heterocycles. The Hall–Kier alpha value is -3.12. The van der Waals surface area contributed by atoms with Crippen LogP contribution in [0.4, 0.5) is 11.5 Å². The molecule has 1 aromatic heterocycles. The van der Waals surface area contributed by atoms with Crippen LogP contribution in [0.5, 0.6) is 0 Å². The van der Waals surface area contributed by atoms with Gasteiger partial charge in [-0.3, -0.25) is 18.7 Å². The number of benzene rings is 1. The molecule has 0 atom stereocenters. The van der Waals surface area contributed by atoms with Crippen LogP contribution in [0.3, 0.4) is 0 Å². The van der Waals surface area contributed by atoms with Crippen molar-refractivity contribution in [2.45, 2.75) is 66.0 Å². The van der Waals surface area contributed by atoms with Crippen molar-refractivity contribution in [2.24, 2.45) is 0 Å². The van der Waals surface area contributed by atoms with Crippen molar-refractivity contribution in [3.05, 3.63) is 56.2 Å². The third-order valence-corrected chi connectivity index (χ3v) is 7.94. The first-order chi connectivity index (χ1) is 17.7. The Morgan fingerprint density at radius 2 is 1.68 bits per heavy atom. The average molecular weight is 533 g/mol. The quantitative estimate of drug-likeness (QED) is 0.204. The number of rotatable bonds is 15. The molecule has 10 nitrogen and oxygen atoms in total. The summed E-state index contributed by atoms with van der Waals surface area (Å²) in [6.45, 7) is 5.91. The number of nitrogens with one attached hydrogen (secondary N) is 1. The molecule has 0 spiro atoms. The fraction of sp³-hybridized carbons (Fsp3) is 0.500. The van der Waals surface area contributed by atoms with Crippen molar-refractivity contribution in [3.63, 3.8) is 0 Å². The SMILES string of the molecule is C#CCn1c(=O)c(NC(=O)CCc2ccc(CC)cc2)c(N)n(CCCCP(=O)(OCC)OCC)c1=O. The molecule has 0 fully saturated rings. The molecule has 37 heavy (non-hydrogen) atoms. The van der Waals surface area contributed by atoms with Gasteiger partial charge in [-0.15, -0.1) is 6.42 Å². The second kappa shape index (κ2) is 14.6. The van der Waals surface area contributed by atoms with Gasteiger partial charge < -0.3 is 20.1 Å². The van der Waals surface area contributed by atoms with Crippen molar-refractivity contribution in [1.29, 1.82) is 0 Å². The predicted octanol–water partition coefficient (Wildman–Crippen LogP) is 3.41. The van der Waals surface area contributed by atoms with E-state index in [2.05, 4.69) is 18.2 Å². The van der Waals surface area contributed by atoms with Crippen LogP contribution >= 0.6 is 7.60 Å². The van der Waals surface area contributed by atoms with Crippen LogP contribution in [0.25, 0.3) is 0 Å². The third-order valence-electron chi connectivity index (χ3n) is 5.77. The van der Waals surface area contributed by atoms with Gasteiger partial charge in [-0.25, -0.2) is 9.36 Å². The lowest BCUT2D eigenvalue weighted by Crippen LogP contribution is -2.42. The molecule has 1 amide bonds. The maximum absolute atomic E-state index is 12.9. The minimum Gasteiger partial charge on any atom is -0.383 e. The van der Waals surface area contributed by atoms with E-state index in [1.165, 1.54) is 10.1 Å². The highest BCUT2D eigenvalue weighted by atomic mass is 31.2. The van der Waals surface area contributed by atoms with E-state index in [0.717, 1.165) is 16.6 Å². The molecule has 1 aromatic carbocycles. The molecule has 1 heterocycles. The van der Waals surface area contributed by atoms with Gasteiger partial charge in [0.05, 0.1) is 25.9 Å². The molecule has 202 valence electrons. The number of hydrogen-bond acceptors (Lipinski definition) is 7. The number of terminal acetylenes is 1. The molecule has 2 aromatic rings. The maximum atomic E-state index is 12.9. The van der Waals surface area contributed by atoms with Gasteiger partial charge in [-0.1, -0.05) is 37.1 Å². The summed E-state index contributed by atoms with van der Waals surface area (Å²) in [6.07, 6.45) is 7.91. The van der Waals surface area contributed by atoms with Gasteiger partial charge in [0.15, 0.2) is 0 Å². The number of anilines is 2. The summed E-state index contributed by atoms with van der Waals surface area (Å²) in [7, 11) is -3.22. The van der Waals surface area contributed by atoms with Crippen molar-refractivity contribution < 1.29 is 18.4 Å². The van der Waals surface area contributed by atoms with Crippen LogP contribution in [-0.4, -0.2) is 34.4 Å². The van der Waals surface area contributed by atoms with Crippen LogP contribution in [0.15, 0.2) is 33.9 Å². The summed E-state index contributed by atoms with van der Waals surface area (Å²) in [5.41, 5.74) is 6.76. The average Bonchev–Trinajstić information content (AvgIpc) is 2.88. The Morgan fingerprint density at radius 1 is 1.05 bits per heavy atom. The lowest BCUT2D eigenvalue weighted by Gasteiger charge is -2.18. The first kappa shape index (κ1) is 30.1. The Labute approximate surface area is 217 Å². The Kier molecular flexibility index (Phi) is 11.9. The number of nitrogens with zero attached hydrogens (tertiary/aromatic N) is 2. The molecule has 0 aliphatic heterocycles. The van der Waals surface area contributed by atoms with Crippen molar-refractivity contribution in [2.75, 3.05) is 30.4 Å². The summed E-state index contributed by atoms with van der Waals surface area (Å²) >= 11 is 0. The van der Waals surface area contributed by atoms with Gasteiger partial charge in [0.2, 0.25) is 5.91 Å². The summed E-state index contributed by atoms with van der Waals surface area (Å²) in [5.74, 6) is 1.73. The summed E-state index contributed by atoms with van der Waals surface area (Å²) in [5, 5.41) is 2.58. The van der Waals surface area contributed by atoms with Crippen LogP contribution in [0.2, 0.25) is 0 Å². The largest absolute Gasteiger partial charge is 0.383 e. The number of amides is 1. The van der Waals surface area contributed by atoms with Gasteiger partial charge in [0.25, 0.3) is 5.56 Å². The van der Waals surface area contributed by atoms with Crippen molar-refractivity contribution >= 4 is 25.0 Å². The molecular weight excluding hydrogens is 495 g/mol. The zero-order valence-electron chi connectivity index (χ0n) is 21.8. The summed E-state index contributed by atoms with van der Waals surface area (Å²) in [6, 6.07) is 7.97. The van der Waals surface area contributed by atoms with Crippen molar-refractivity contribution in [3.8, 4) is 12.3 Å². The maximum Gasteiger partial charge on any atom is 0.333 e. The molecule has 11 heteroatoms. The van der Waals surface area contributed by atoms with E-state index in [0.29, 0.717) is 19.3 Å². The summed E-state index contributed by atoms with van der Waals surface area (Å²) in [4.78, 5) is 38.5. The first-order valence-electron chi connectivity index (χ1n) is 12.5. The number of hydrogen-bond donors (Lipinski definition) is 2. The molecule has 0 unspecified atom stereocenters. The van der Waals surface area contributed by atoms with E-state index < -0.39 is 24.8 Å². The number of aromatic nitrogens is 2. The second-order valence-electron chi connectivity index (χ2n) is 8.39. The smallest absolute Gasteiger partial charge is 0.333 e.